The van der Waals surface area contributed by atoms with Crippen molar-refractivity contribution in [2.75, 3.05) is 0 Å². The molecule has 3 N–H and O–H groups in total. The summed E-state index contributed by atoms with van der Waals surface area (Å²) in [5, 5.41) is 0.0677. The highest BCUT2D eigenvalue weighted by molar-refractivity contribution is 7.89. The summed E-state index contributed by atoms with van der Waals surface area (Å²) in [7, 11) is -3.54. The first-order valence-corrected chi connectivity index (χ1v) is 8.48. The van der Waals surface area contributed by atoms with Gasteiger partial charge in [-0.15, -0.1) is 0 Å². The van der Waals surface area contributed by atoms with E-state index in [4.69, 9.17) is 5.73 Å². The molecule has 1 aliphatic rings. The van der Waals surface area contributed by atoms with Gasteiger partial charge in [0.05, 0.1) is 0 Å². The van der Waals surface area contributed by atoms with Gasteiger partial charge in [0.15, 0.2) is 5.03 Å². The van der Waals surface area contributed by atoms with E-state index in [9.17, 15) is 8.42 Å². The van der Waals surface area contributed by atoms with Crippen molar-refractivity contribution in [1.82, 2.24) is 9.71 Å². The summed E-state index contributed by atoms with van der Waals surface area (Å²) < 4.78 is 27.4. The largest absolute Gasteiger partial charge is 0.326 e. The molecule has 1 unspecified atom stereocenters. The normalized spacial score (nSPS) is 22.6. The van der Waals surface area contributed by atoms with Crippen molar-refractivity contribution in [2.45, 2.75) is 57.1 Å². The van der Waals surface area contributed by atoms with E-state index in [1.807, 2.05) is 0 Å². The molecule has 1 aromatic rings. The molecule has 1 atom stereocenters. The smallest absolute Gasteiger partial charge is 0.258 e. The van der Waals surface area contributed by atoms with Crippen molar-refractivity contribution in [3.63, 3.8) is 0 Å². The van der Waals surface area contributed by atoms with Gasteiger partial charge in [0, 0.05) is 18.8 Å². The van der Waals surface area contributed by atoms with E-state index >= 15 is 0 Å². The Hall–Kier alpha value is -0.980. The number of hydrogen-bond donors (Lipinski definition) is 2. The highest BCUT2D eigenvalue weighted by atomic mass is 32.2. The molecule has 0 aliphatic heterocycles. The average Bonchev–Trinajstić information content (AvgIpc) is 2.37. The van der Waals surface area contributed by atoms with Gasteiger partial charge in [-0.05, 0) is 36.3 Å². The minimum absolute atomic E-state index is 0.000245. The minimum Gasteiger partial charge on any atom is -0.326 e. The zero-order chi connectivity index (χ0) is 14.8. The van der Waals surface area contributed by atoms with Gasteiger partial charge in [0.1, 0.15) is 0 Å². The van der Waals surface area contributed by atoms with Crippen molar-refractivity contribution in [3.8, 4) is 0 Å². The molecule has 20 heavy (non-hydrogen) atoms. The summed E-state index contributed by atoms with van der Waals surface area (Å²) in [6.07, 6.45) is 5.48. The average molecular weight is 297 g/mol. The molecule has 1 aromatic heterocycles. The fourth-order valence-electron chi connectivity index (χ4n) is 2.77. The van der Waals surface area contributed by atoms with Crippen LogP contribution < -0.4 is 10.5 Å². The number of rotatable bonds is 4. The van der Waals surface area contributed by atoms with Gasteiger partial charge in [-0.2, -0.15) is 0 Å². The maximum absolute atomic E-state index is 12.3. The lowest BCUT2D eigenvalue weighted by molar-refractivity contribution is 0.212. The first kappa shape index (κ1) is 15.4. The van der Waals surface area contributed by atoms with E-state index in [-0.39, 0.29) is 16.5 Å². The van der Waals surface area contributed by atoms with Crippen LogP contribution in [0, 0.1) is 5.41 Å². The van der Waals surface area contributed by atoms with Crippen LogP contribution in [0.25, 0.3) is 0 Å². The van der Waals surface area contributed by atoms with Crippen molar-refractivity contribution in [2.24, 2.45) is 11.1 Å². The fourth-order valence-corrected chi connectivity index (χ4v) is 3.97. The Morgan fingerprint density at radius 3 is 2.75 bits per heavy atom. The van der Waals surface area contributed by atoms with Gasteiger partial charge in [-0.25, -0.2) is 18.1 Å². The van der Waals surface area contributed by atoms with Gasteiger partial charge in [-0.3, -0.25) is 0 Å². The first-order valence-electron chi connectivity index (χ1n) is 7.00. The molecule has 0 aromatic carbocycles. The Morgan fingerprint density at radius 2 is 2.20 bits per heavy atom. The molecule has 0 saturated heterocycles. The molecule has 2 rings (SSSR count). The van der Waals surface area contributed by atoms with E-state index in [0.29, 0.717) is 6.54 Å². The fraction of sp³-hybridized carbons (Fsp3) is 0.643. The number of pyridine rings is 1. The Bertz CT molecular complexity index is 552. The predicted molar refractivity (Wildman–Crippen MR) is 78.5 cm³/mol. The Balaban J connectivity index is 2.10. The molecule has 6 heteroatoms. The number of nitrogens with zero attached hydrogens (tertiary/aromatic N) is 1. The molecule has 5 nitrogen and oxygen atoms in total. The van der Waals surface area contributed by atoms with Gasteiger partial charge in [0.2, 0.25) is 0 Å². The van der Waals surface area contributed by atoms with Crippen molar-refractivity contribution in [1.29, 1.82) is 0 Å². The van der Waals surface area contributed by atoms with Crippen LogP contribution in [0.3, 0.4) is 0 Å². The van der Waals surface area contributed by atoms with Gasteiger partial charge in [-0.1, -0.05) is 26.3 Å². The zero-order valence-electron chi connectivity index (χ0n) is 12.1. The topological polar surface area (TPSA) is 85.1 Å². The molecule has 0 bridgehead atoms. The zero-order valence-corrected chi connectivity index (χ0v) is 12.9. The SMILES string of the molecule is CC1(C)CCCC(NS(=O)(=O)c2ccc(CN)cn2)C1. The summed E-state index contributed by atoms with van der Waals surface area (Å²) in [4.78, 5) is 3.99. The van der Waals surface area contributed by atoms with E-state index in [2.05, 4.69) is 23.6 Å². The summed E-state index contributed by atoms with van der Waals surface area (Å²) in [6.45, 7) is 4.72. The second kappa shape index (κ2) is 5.79. The second-order valence-electron chi connectivity index (χ2n) is 6.29. The van der Waals surface area contributed by atoms with Crippen LogP contribution in [0.15, 0.2) is 23.4 Å². The lowest BCUT2D eigenvalue weighted by Crippen LogP contribution is -2.40. The van der Waals surface area contributed by atoms with Crippen LogP contribution in [0.1, 0.15) is 45.1 Å². The lowest BCUT2D eigenvalue weighted by Gasteiger charge is -2.35. The van der Waals surface area contributed by atoms with Crippen molar-refractivity contribution >= 4 is 10.0 Å². The molecule has 0 spiro atoms. The standard InChI is InChI=1S/C14H23N3O2S/c1-14(2)7-3-4-12(8-14)17-20(18,19)13-6-5-11(9-15)10-16-13/h5-6,10,12,17H,3-4,7-9,15H2,1-2H3. The van der Waals surface area contributed by atoms with E-state index in [1.165, 1.54) is 12.3 Å². The number of nitrogens with one attached hydrogen (secondary N) is 1. The maximum Gasteiger partial charge on any atom is 0.258 e. The monoisotopic (exact) mass is 297 g/mol. The molecular formula is C14H23N3O2S. The van der Waals surface area contributed by atoms with Crippen LogP contribution in [-0.2, 0) is 16.6 Å². The molecule has 1 aliphatic carbocycles. The molecule has 1 heterocycles. The first-order chi connectivity index (χ1) is 9.32. The van der Waals surface area contributed by atoms with Gasteiger partial charge in [0.25, 0.3) is 10.0 Å². The third-order valence-electron chi connectivity index (χ3n) is 3.84. The third kappa shape index (κ3) is 3.77. The molecular weight excluding hydrogens is 274 g/mol. The van der Waals surface area contributed by atoms with Crippen LogP contribution in [0.5, 0.6) is 0 Å². The highest BCUT2D eigenvalue weighted by Crippen LogP contribution is 2.35. The van der Waals surface area contributed by atoms with Crippen LogP contribution >= 0.6 is 0 Å². The lowest BCUT2D eigenvalue weighted by atomic mass is 9.75. The van der Waals surface area contributed by atoms with Crippen molar-refractivity contribution < 1.29 is 8.42 Å². The maximum atomic E-state index is 12.3. The number of hydrogen-bond acceptors (Lipinski definition) is 4. The Kier molecular flexibility index (Phi) is 4.46. The summed E-state index contributed by atoms with van der Waals surface area (Å²) >= 11 is 0. The van der Waals surface area contributed by atoms with Crippen LogP contribution in [0.4, 0.5) is 0 Å². The minimum atomic E-state index is -3.54. The molecule has 1 saturated carbocycles. The van der Waals surface area contributed by atoms with Gasteiger partial charge >= 0.3 is 0 Å². The quantitative estimate of drug-likeness (QED) is 0.887. The molecule has 112 valence electrons. The van der Waals surface area contributed by atoms with E-state index < -0.39 is 10.0 Å². The molecule has 0 amide bonds. The summed E-state index contributed by atoms with van der Waals surface area (Å²) in [5.74, 6) is 0. The summed E-state index contributed by atoms with van der Waals surface area (Å²) in [6, 6.07) is 3.21. The Labute approximate surface area is 121 Å². The number of sulfonamides is 1. The predicted octanol–water partition coefficient (Wildman–Crippen LogP) is 1.79. The molecule has 0 radical (unpaired) electrons. The van der Waals surface area contributed by atoms with Crippen LogP contribution in [0.2, 0.25) is 0 Å². The Morgan fingerprint density at radius 1 is 1.45 bits per heavy atom. The number of nitrogens with two attached hydrogens (primary N) is 1. The summed E-state index contributed by atoms with van der Waals surface area (Å²) in [5.41, 5.74) is 6.50. The number of aromatic nitrogens is 1. The second-order valence-corrected chi connectivity index (χ2v) is 7.95. The van der Waals surface area contributed by atoms with Gasteiger partial charge < -0.3 is 5.73 Å². The van der Waals surface area contributed by atoms with E-state index in [1.54, 1.807) is 6.07 Å². The third-order valence-corrected chi connectivity index (χ3v) is 5.27. The molecule has 1 fully saturated rings. The van der Waals surface area contributed by atoms with Crippen LogP contribution in [-0.4, -0.2) is 19.4 Å². The van der Waals surface area contributed by atoms with E-state index in [0.717, 1.165) is 31.2 Å². The highest BCUT2D eigenvalue weighted by Gasteiger charge is 2.31. The van der Waals surface area contributed by atoms with Crippen molar-refractivity contribution in [3.05, 3.63) is 23.9 Å².